The molecule has 0 amide bonds. The molecule has 18 heavy (non-hydrogen) atoms. The van der Waals surface area contributed by atoms with Gasteiger partial charge in [-0.25, -0.2) is 4.79 Å². The molecule has 1 aliphatic heterocycles. The first-order valence-electron chi connectivity index (χ1n) is 6.43. The second kappa shape index (κ2) is 5.40. The normalized spacial score (nSPS) is 16.9. The molecule has 0 aromatic heterocycles. The van der Waals surface area contributed by atoms with Crippen molar-refractivity contribution in [1.82, 2.24) is 4.90 Å². The molecule has 98 valence electrons. The van der Waals surface area contributed by atoms with Crippen molar-refractivity contribution in [2.45, 2.75) is 13.8 Å². The monoisotopic (exact) mass is 248 g/mol. The molecule has 1 aromatic carbocycles. The van der Waals surface area contributed by atoms with Crippen LogP contribution < -0.4 is 4.90 Å². The van der Waals surface area contributed by atoms with Gasteiger partial charge in [0, 0.05) is 31.9 Å². The highest BCUT2D eigenvalue weighted by atomic mass is 16.4. The highest BCUT2D eigenvalue weighted by molar-refractivity contribution is 5.90. The van der Waals surface area contributed by atoms with Crippen LogP contribution in [0.25, 0.3) is 0 Å². The number of benzene rings is 1. The zero-order chi connectivity index (χ0) is 13.1. The Morgan fingerprint density at radius 3 is 2.50 bits per heavy atom. The van der Waals surface area contributed by atoms with Crippen molar-refractivity contribution in [2.75, 3.05) is 37.6 Å². The molecule has 0 radical (unpaired) electrons. The maximum Gasteiger partial charge on any atom is 0.336 e. The number of carboxylic acid groups (broad SMARTS) is 1. The van der Waals surface area contributed by atoms with Gasteiger partial charge in [-0.05, 0) is 31.2 Å². The molecule has 0 unspecified atom stereocenters. The van der Waals surface area contributed by atoms with Crippen molar-refractivity contribution < 1.29 is 9.90 Å². The standard InChI is InChI=1S/C14H20N2O2/c1-3-15-6-8-16(9-7-15)12-5-4-11(2)13(10-12)14(17)18/h4-5,10H,3,6-9H2,1-2H3,(H,17,18). The van der Waals surface area contributed by atoms with E-state index in [1.807, 2.05) is 19.1 Å². The Kier molecular flexibility index (Phi) is 3.87. The van der Waals surface area contributed by atoms with E-state index < -0.39 is 5.97 Å². The lowest BCUT2D eigenvalue weighted by Crippen LogP contribution is -2.46. The quantitative estimate of drug-likeness (QED) is 0.886. The largest absolute Gasteiger partial charge is 0.478 e. The number of aromatic carboxylic acids is 1. The lowest BCUT2D eigenvalue weighted by atomic mass is 10.1. The van der Waals surface area contributed by atoms with E-state index >= 15 is 0 Å². The molecule has 2 rings (SSSR count). The fourth-order valence-corrected chi connectivity index (χ4v) is 2.36. The minimum absolute atomic E-state index is 0.408. The van der Waals surface area contributed by atoms with Crippen LogP contribution in [-0.2, 0) is 0 Å². The van der Waals surface area contributed by atoms with Gasteiger partial charge in [-0.15, -0.1) is 0 Å². The summed E-state index contributed by atoms with van der Waals surface area (Å²) in [6.07, 6.45) is 0. The van der Waals surface area contributed by atoms with Crippen LogP contribution in [0.15, 0.2) is 18.2 Å². The number of aryl methyl sites for hydroxylation is 1. The first-order chi connectivity index (χ1) is 8.61. The number of hydrogen-bond acceptors (Lipinski definition) is 3. The average molecular weight is 248 g/mol. The third-order valence-corrected chi connectivity index (χ3v) is 3.64. The molecule has 0 aliphatic carbocycles. The molecular weight excluding hydrogens is 228 g/mol. The topological polar surface area (TPSA) is 43.8 Å². The first kappa shape index (κ1) is 12.9. The smallest absolute Gasteiger partial charge is 0.336 e. The minimum atomic E-state index is -0.846. The summed E-state index contributed by atoms with van der Waals surface area (Å²) in [5.41, 5.74) is 2.25. The first-order valence-corrected chi connectivity index (χ1v) is 6.43. The lowest BCUT2D eigenvalue weighted by molar-refractivity contribution is 0.0696. The SMILES string of the molecule is CCN1CCN(c2ccc(C)c(C(=O)O)c2)CC1. The van der Waals surface area contributed by atoms with Gasteiger partial charge >= 0.3 is 5.97 Å². The maximum absolute atomic E-state index is 11.1. The molecule has 1 saturated heterocycles. The molecule has 1 fully saturated rings. The van der Waals surface area contributed by atoms with Gasteiger partial charge in [-0.3, -0.25) is 0 Å². The number of piperazine rings is 1. The Bertz CT molecular complexity index is 437. The van der Waals surface area contributed by atoms with Crippen molar-refractivity contribution >= 4 is 11.7 Å². The number of anilines is 1. The predicted molar refractivity (Wildman–Crippen MR) is 72.5 cm³/mol. The van der Waals surface area contributed by atoms with Crippen LogP contribution in [0.3, 0.4) is 0 Å². The van der Waals surface area contributed by atoms with Crippen molar-refractivity contribution in [2.24, 2.45) is 0 Å². The highest BCUT2D eigenvalue weighted by Crippen LogP contribution is 2.20. The van der Waals surface area contributed by atoms with E-state index in [2.05, 4.69) is 16.7 Å². The number of likely N-dealkylation sites (N-methyl/N-ethyl adjacent to an activating group) is 1. The highest BCUT2D eigenvalue weighted by Gasteiger charge is 2.17. The molecular formula is C14H20N2O2. The Hall–Kier alpha value is -1.55. The summed E-state index contributed by atoms with van der Waals surface area (Å²) >= 11 is 0. The third-order valence-electron chi connectivity index (χ3n) is 3.64. The molecule has 1 aliphatic rings. The van der Waals surface area contributed by atoms with Crippen molar-refractivity contribution in [3.05, 3.63) is 29.3 Å². The molecule has 1 N–H and O–H groups in total. The summed E-state index contributed by atoms with van der Waals surface area (Å²) in [6.45, 7) is 9.12. The van der Waals surface area contributed by atoms with Crippen LogP contribution in [0.1, 0.15) is 22.8 Å². The molecule has 0 bridgehead atoms. The Labute approximate surface area is 108 Å². The van der Waals surface area contributed by atoms with E-state index in [0.717, 1.165) is 44.0 Å². The van der Waals surface area contributed by atoms with E-state index in [4.69, 9.17) is 5.11 Å². The van der Waals surface area contributed by atoms with E-state index in [0.29, 0.717) is 5.56 Å². The summed E-state index contributed by atoms with van der Waals surface area (Å²) in [5.74, 6) is -0.846. The summed E-state index contributed by atoms with van der Waals surface area (Å²) < 4.78 is 0. The fraction of sp³-hybridized carbons (Fsp3) is 0.500. The van der Waals surface area contributed by atoms with Crippen LogP contribution in [0, 0.1) is 6.92 Å². The minimum Gasteiger partial charge on any atom is -0.478 e. The van der Waals surface area contributed by atoms with Crippen molar-refractivity contribution in [3.8, 4) is 0 Å². The maximum atomic E-state index is 11.1. The fourth-order valence-electron chi connectivity index (χ4n) is 2.36. The zero-order valence-corrected chi connectivity index (χ0v) is 11.0. The lowest BCUT2D eigenvalue weighted by Gasteiger charge is -2.35. The van der Waals surface area contributed by atoms with Crippen LogP contribution in [0.2, 0.25) is 0 Å². The van der Waals surface area contributed by atoms with Gasteiger partial charge in [0.05, 0.1) is 5.56 Å². The number of carboxylic acids is 1. The van der Waals surface area contributed by atoms with E-state index in [9.17, 15) is 4.79 Å². The van der Waals surface area contributed by atoms with E-state index in [1.165, 1.54) is 0 Å². The average Bonchev–Trinajstić information content (AvgIpc) is 2.39. The number of carbonyl (C=O) groups is 1. The Balaban J connectivity index is 2.15. The summed E-state index contributed by atoms with van der Waals surface area (Å²) in [6, 6.07) is 5.70. The molecule has 0 saturated carbocycles. The molecule has 1 aromatic rings. The van der Waals surface area contributed by atoms with Gasteiger partial charge < -0.3 is 14.9 Å². The zero-order valence-electron chi connectivity index (χ0n) is 11.0. The van der Waals surface area contributed by atoms with Gasteiger partial charge in [0.25, 0.3) is 0 Å². The second-order valence-electron chi connectivity index (χ2n) is 4.73. The summed E-state index contributed by atoms with van der Waals surface area (Å²) in [7, 11) is 0. The van der Waals surface area contributed by atoms with Gasteiger partial charge in [0.2, 0.25) is 0 Å². The van der Waals surface area contributed by atoms with Gasteiger partial charge in [-0.1, -0.05) is 13.0 Å². The Morgan fingerprint density at radius 2 is 1.94 bits per heavy atom. The summed E-state index contributed by atoms with van der Waals surface area (Å²) in [5, 5.41) is 9.14. The molecule has 1 heterocycles. The molecule has 4 nitrogen and oxygen atoms in total. The number of rotatable bonds is 3. The van der Waals surface area contributed by atoms with Crippen LogP contribution in [0.4, 0.5) is 5.69 Å². The predicted octanol–water partition coefficient (Wildman–Crippen LogP) is 1.84. The number of hydrogen-bond donors (Lipinski definition) is 1. The van der Waals surface area contributed by atoms with Gasteiger partial charge in [-0.2, -0.15) is 0 Å². The van der Waals surface area contributed by atoms with Crippen LogP contribution in [0.5, 0.6) is 0 Å². The van der Waals surface area contributed by atoms with Crippen molar-refractivity contribution in [3.63, 3.8) is 0 Å². The molecule has 0 atom stereocenters. The van der Waals surface area contributed by atoms with E-state index in [-0.39, 0.29) is 0 Å². The Morgan fingerprint density at radius 1 is 1.28 bits per heavy atom. The van der Waals surface area contributed by atoms with Crippen LogP contribution in [-0.4, -0.2) is 48.7 Å². The van der Waals surface area contributed by atoms with Crippen LogP contribution >= 0.6 is 0 Å². The third kappa shape index (κ3) is 2.64. The van der Waals surface area contributed by atoms with Gasteiger partial charge in [0.15, 0.2) is 0 Å². The second-order valence-corrected chi connectivity index (χ2v) is 4.73. The number of nitrogens with zero attached hydrogens (tertiary/aromatic N) is 2. The summed E-state index contributed by atoms with van der Waals surface area (Å²) in [4.78, 5) is 15.8. The van der Waals surface area contributed by atoms with Crippen molar-refractivity contribution in [1.29, 1.82) is 0 Å². The van der Waals surface area contributed by atoms with Gasteiger partial charge in [0.1, 0.15) is 0 Å². The molecule has 0 spiro atoms. The molecule has 4 heteroatoms. The van der Waals surface area contributed by atoms with E-state index in [1.54, 1.807) is 6.07 Å².